The van der Waals surface area contributed by atoms with Crippen LogP contribution in [0.1, 0.15) is 16.1 Å². The number of nitrogens with zero attached hydrogens (tertiary/aromatic N) is 2. The van der Waals surface area contributed by atoms with Gasteiger partial charge in [-0.3, -0.25) is 9.78 Å². The molecule has 7 nitrogen and oxygen atoms in total. The predicted octanol–water partition coefficient (Wildman–Crippen LogP) is 4.47. The summed E-state index contributed by atoms with van der Waals surface area (Å²) in [5, 5.41) is 2.39. The van der Waals surface area contributed by atoms with Gasteiger partial charge in [-0.1, -0.05) is 6.07 Å². The number of anilines is 2. The molecule has 35 heavy (non-hydrogen) atoms. The van der Waals surface area contributed by atoms with Gasteiger partial charge in [0.2, 0.25) is 0 Å². The van der Waals surface area contributed by atoms with Crippen molar-refractivity contribution in [1.82, 2.24) is 9.97 Å². The van der Waals surface area contributed by atoms with Crippen LogP contribution in [0.4, 0.5) is 33.3 Å². The zero-order valence-corrected chi connectivity index (χ0v) is 18.6. The minimum Gasteiger partial charge on any atom is -0.491 e. The number of pyridine rings is 2. The summed E-state index contributed by atoms with van der Waals surface area (Å²) in [5.74, 6) is -3.43. The number of rotatable bonds is 8. The molecule has 0 aliphatic rings. The van der Waals surface area contributed by atoms with E-state index >= 15 is 0 Å². The van der Waals surface area contributed by atoms with Crippen molar-refractivity contribution < 1.29 is 31.5 Å². The summed E-state index contributed by atoms with van der Waals surface area (Å²) in [6.45, 7) is 0.363. The molecule has 1 aromatic carbocycles. The number of nitrogen functional groups attached to an aromatic ring is 1. The summed E-state index contributed by atoms with van der Waals surface area (Å²) in [6.07, 6.45) is -2.46. The number of nitrogens with one attached hydrogen (secondary N) is 1. The van der Waals surface area contributed by atoms with Crippen LogP contribution in [0, 0.1) is 17.6 Å². The molecule has 13 heteroatoms. The lowest BCUT2D eigenvalue weighted by molar-refractivity contribution is -0.137. The van der Waals surface area contributed by atoms with Crippen molar-refractivity contribution >= 4 is 28.9 Å². The van der Waals surface area contributed by atoms with Crippen LogP contribution in [0.2, 0.25) is 0 Å². The zero-order chi connectivity index (χ0) is 25.8. The van der Waals surface area contributed by atoms with Gasteiger partial charge in [0, 0.05) is 24.1 Å². The number of benzene rings is 1. The molecule has 0 saturated heterocycles. The van der Waals surface area contributed by atoms with Crippen LogP contribution >= 0.6 is 11.6 Å². The predicted molar refractivity (Wildman–Crippen MR) is 120 cm³/mol. The maximum Gasteiger partial charge on any atom is 0.418 e. The monoisotopic (exact) mass is 515 g/mol. The second-order valence-electron chi connectivity index (χ2n) is 7.31. The highest BCUT2D eigenvalue weighted by atomic mass is 35.5. The Hall–Kier alpha value is -3.51. The van der Waals surface area contributed by atoms with E-state index in [1.54, 1.807) is 0 Å². The minimum absolute atomic E-state index is 0.0440. The molecule has 2 aromatic heterocycles. The van der Waals surface area contributed by atoms with Crippen molar-refractivity contribution in [2.24, 2.45) is 11.7 Å². The fraction of sp³-hybridized carbons (Fsp3) is 0.227. The summed E-state index contributed by atoms with van der Waals surface area (Å²) in [5.41, 5.74) is 6.28. The number of alkyl halides is 4. The van der Waals surface area contributed by atoms with Crippen molar-refractivity contribution in [1.29, 1.82) is 0 Å². The molecule has 0 saturated carbocycles. The summed E-state index contributed by atoms with van der Waals surface area (Å²) in [4.78, 5) is 20.4. The number of carbonyl (C=O) groups excluding carboxylic acids is 1. The molecule has 5 N–H and O–H groups in total. The van der Waals surface area contributed by atoms with Crippen molar-refractivity contribution in [2.75, 3.05) is 30.1 Å². The maximum absolute atomic E-state index is 14.3. The Balaban J connectivity index is 2.02. The first-order valence-corrected chi connectivity index (χ1v) is 10.6. The van der Waals surface area contributed by atoms with Crippen LogP contribution in [0.25, 0.3) is 11.3 Å². The molecule has 2 heterocycles. The Morgan fingerprint density at radius 3 is 2.49 bits per heavy atom. The Morgan fingerprint density at radius 2 is 1.89 bits per heavy atom. The lowest BCUT2D eigenvalue weighted by Crippen LogP contribution is -2.23. The van der Waals surface area contributed by atoms with Crippen LogP contribution in [0.5, 0.6) is 5.75 Å². The van der Waals surface area contributed by atoms with Gasteiger partial charge in [-0.25, -0.2) is 13.8 Å². The van der Waals surface area contributed by atoms with E-state index in [1.165, 1.54) is 18.5 Å². The van der Waals surface area contributed by atoms with Gasteiger partial charge < -0.3 is 21.5 Å². The molecule has 3 aromatic rings. The smallest absolute Gasteiger partial charge is 0.418 e. The Kier molecular flexibility index (Phi) is 8.07. The quantitative estimate of drug-likeness (QED) is 0.301. The third-order valence-electron chi connectivity index (χ3n) is 4.83. The van der Waals surface area contributed by atoms with E-state index in [0.29, 0.717) is 6.07 Å². The number of aromatic nitrogens is 2. The van der Waals surface area contributed by atoms with Crippen molar-refractivity contribution in [3.63, 3.8) is 0 Å². The number of halogens is 6. The van der Waals surface area contributed by atoms with E-state index in [0.717, 1.165) is 18.2 Å². The minimum atomic E-state index is -5.06. The van der Waals surface area contributed by atoms with Gasteiger partial charge >= 0.3 is 6.18 Å². The molecule has 0 aliphatic heterocycles. The van der Waals surface area contributed by atoms with E-state index in [2.05, 4.69) is 15.3 Å². The zero-order valence-electron chi connectivity index (χ0n) is 17.9. The van der Waals surface area contributed by atoms with Crippen molar-refractivity contribution in [3.05, 3.63) is 65.6 Å². The highest BCUT2D eigenvalue weighted by Crippen LogP contribution is 2.39. The summed E-state index contributed by atoms with van der Waals surface area (Å²) in [6, 6.07) is 4.35. The molecule has 1 unspecified atom stereocenters. The molecular formula is C22H19ClF5N5O2. The largest absolute Gasteiger partial charge is 0.491 e. The highest BCUT2D eigenvalue weighted by Gasteiger charge is 2.37. The van der Waals surface area contributed by atoms with Gasteiger partial charge in [-0.05, 0) is 24.7 Å². The van der Waals surface area contributed by atoms with Gasteiger partial charge in [0.1, 0.15) is 23.1 Å². The molecule has 0 spiro atoms. The summed E-state index contributed by atoms with van der Waals surface area (Å²) < 4.78 is 75.2. The normalized spacial score (nSPS) is 12.3. The number of nitrogens with two attached hydrogens (primary N) is 2. The second kappa shape index (κ2) is 10.8. The Bertz CT molecular complexity index is 1200. The Labute approximate surface area is 201 Å². The molecule has 1 amide bonds. The number of ether oxygens (including phenoxy) is 1. The van der Waals surface area contributed by atoms with Gasteiger partial charge in [0.05, 0.1) is 35.3 Å². The van der Waals surface area contributed by atoms with Crippen LogP contribution in [0.15, 0.2) is 42.7 Å². The van der Waals surface area contributed by atoms with Crippen molar-refractivity contribution in [3.8, 4) is 17.0 Å². The molecule has 1 atom stereocenters. The van der Waals surface area contributed by atoms with E-state index < -0.39 is 51.9 Å². The van der Waals surface area contributed by atoms with E-state index in [-0.39, 0.29) is 36.4 Å². The van der Waals surface area contributed by atoms with E-state index in [1.807, 2.05) is 0 Å². The average molecular weight is 516 g/mol. The van der Waals surface area contributed by atoms with E-state index in [9.17, 15) is 26.7 Å². The summed E-state index contributed by atoms with van der Waals surface area (Å²) >= 11 is 5.79. The van der Waals surface area contributed by atoms with Gasteiger partial charge in [0.15, 0.2) is 5.69 Å². The van der Waals surface area contributed by atoms with E-state index in [4.69, 9.17) is 27.8 Å². The lowest BCUT2D eigenvalue weighted by Gasteiger charge is -2.18. The van der Waals surface area contributed by atoms with Crippen LogP contribution in [-0.2, 0) is 6.18 Å². The third kappa shape index (κ3) is 5.95. The number of hydrogen-bond donors (Lipinski definition) is 3. The number of hydrogen-bond acceptors (Lipinski definition) is 6. The first-order chi connectivity index (χ1) is 16.6. The molecule has 0 fully saturated rings. The van der Waals surface area contributed by atoms with Crippen LogP contribution < -0.4 is 21.5 Å². The van der Waals surface area contributed by atoms with Gasteiger partial charge in [0.25, 0.3) is 5.91 Å². The van der Waals surface area contributed by atoms with Crippen LogP contribution in [0.3, 0.4) is 0 Å². The van der Waals surface area contributed by atoms with Gasteiger partial charge in [-0.2, -0.15) is 13.2 Å². The molecule has 0 radical (unpaired) electrons. The van der Waals surface area contributed by atoms with Gasteiger partial charge in [-0.15, -0.1) is 11.6 Å². The second-order valence-corrected chi connectivity index (χ2v) is 7.62. The first-order valence-electron chi connectivity index (χ1n) is 10.0. The fourth-order valence-corrected chi connectivity index (χ4v) is 3.22. The topological polar surface area (TPSA) is 116 Å². The third-order valence-corrected chi connectivity index (χ3v) is 5.26. The SMILES string of the molecule is NCC(CCl)COc1ccncc1NC(=O)c1nc(-c2c(F)cccc2F)c(C(F)(F)F)cc1N. The van der Waals surface area contributed by atoms with Crippen molar-refractivity contribution in [2.45, 2.75) is 6.18 Å². The molecule has 0 bridgehead atoms. The highest BCUT2D eigenvalue weighted by molar-refractivity contribution is 6.18. The molecule has 186 valence electrons. The average Bonchev–Trinajstić information content (AvgIpc) is 2.80. The molecular weight excluding hydrogens is 497 g/mol. The number of amides is 1. The molecule has 3 rings (SSSR count). The standard InChI is InChI=1S/C22H19ClF5N5O2/c23-7-11(8-29)10-35-17-4-5-31-9-16(17)32-21(34)20-15(30)6-12(22(26,27)28)19(33-20)18-13(24)2-1-3-14(18)25/h1-6,9,11H,7-8,10,29-30H2,(H,32,34). The van der Waals surface area contributed by atoms with Crippen LogP contribution in [-0.4, -0.2) is 34.9 Å². The fourth-order valence-electron chi connectivity index (χ4n) is 3.01. The Morgan fingerprint density at radius 1 is 1.20 bits per heavy atom. The lowest BCUT2D eigenvalue weighted by atomic mass is 10.0. The first kappa shape index (κ1) is 26.1. The number of carbonyl (C=O) groups is 1. The summed E-state index contributed by atoms with van der Waals surface area (Å²) in [7, 11) is 0. The maximum atomic E-state index is 14.3. The molecule has 0 aliphatic carbocycles.